The molecule has 22 heavy (non-hydrogen) atoms. The molecule has 0 unspecified atom stereocenters. The molecule has 7 heteroatoms. The van der Waals surface area contributed by atoms with E-state index >= 15 is 0 Å². The van der Waals surface area contributed by atoms with Gasteiger partial charge in [0, 0.05) is 16.8 Å². The van der Waals surface area contributed by atoms with Gasteiger partial charge in [0.05, 0.1) is 22.1 Å². The highest BCUT2D eigenvalue weighted by Crippen LogP contribution is 2.31. The van der Waals surface area contributed by atoms with Crippen molar-refractivity contribution in [3.05, 3.63) is 32.6 Å². The number of thiazole rings is 1. The molecule has 0 aliphatic rings. The summed E-state index contributed by atoms with van der Waals surface area (Å²) in [7, 11) is 0. The van der Waals surface area contributed by atoms with Crippen LogP contribution in [0, 0.1) is 0 Å². The van der Waals surface area contributed by atoms with Gasteiger partial charge in [-0.05, 0) is 19.1 Å². The van der Waals surface area contributed by atoms with Crippen LogP contribution in [0.5, 0.6) is 0 Å². The van der Waals surface area contributed by atoms with E-state index in [9.17, 15) is 4.79 Å². The van der Waals surface area contributed by atoms with E-state index in [2.05, 4.69) is 31.1 Å². The molecule has 4 nitrogen and oxygen atoms in total. The number of amides is 2. The highest BCUT2D eigenvalue weighted by atomic mass is 35.5. The number of carbonyl (C=O) groups excluding carboxylic acids is 1. The van der Waals surface area contributed by atoms with Crippen molar-refractivity contribution in [1.82, 2.24) is 9.88 Å². The van der Waals surface area contributed by atoms with Crippen molar-refractivity contribution in [2.45, 2.75) is 39.7 Å². The second kappa shape index (κ2) is 6.98. The van der Waals surface area contributed by atoms with Crippen molar-refractivity contribution >= 4 is 45.3 Å². The molecular weight excluding hydrogens is 338 g/mol. The van der Waals surface area contributed by atoms with Crippen LogP contribution < -0.4 is 5.32 Å². The Morgan fingerprint density at radius 1 is 1.41 bits per heavy atom. The summed E-state index contributed by atoms with van der Waals surface area (Å²) in [6.45, 7) is 9.41. The lowest BCUT2D eigenvalue weighted by Gasteiger charge is -2.22. The molecule has 2 amide bonds. The first kappa shape index (κ1) is 17.2. The average Bonchev–Trinajstić information content (AvgIpc) is 3.04. The first-order valence-corrected chi connectivity index (χ1v) is 9.12. The minimum absolute atomic E-state index is 0.0963. The summed E-state index contributed by atoms with van der Waals surface area (Å²) in [4.78, 5) is 19.7. The molecule has 2 heterocycles. The number of thiophene rings is 1. The number of anilines is 1. The molecule has 0 atom stereocenters. The first-order chi connectivity index (χ1) is 10.3. The van der Waals surface area contributed by atoms with E-state index in [-0.39, 0.29) is 11.4 Å². The maximum Gasteiger partial charge on any atom is 0.322 e. The van der Waals surface area contributed by atoms with E-state index in [0.29, 0.717) is 13.1 Å². The van der Waals surface area contributed by atoms with Crippen molar-refractivity contribution < 1.29 is 4.79 Å². The van der Waals surface area contributed by atoms with E-state index in [4.69, 9.17) is 11.6 Å². The van der Waals surface area contributed by atoms with Crippen LogP contribution in [0.3, 0.4) is 0 Å². The zero-order chi connectivity index (χ0) is 16.3. The second-order valence-electron chi connectivity index (χ2n) is 5.93. The largest absolute Gasteiger partial charge is 0.322 e. The molecule has 0 aliphatic heterocycles. The van der Waals surface area contributed by atoms with Crippen LogP contribution in [0.4, 0.5) is 9.80 Å². The number of hydrogen-bond donors (Lipinski definition) is 1. The van der Waals surface area contributed by atoms with Crippen LogP contribution in [-0.4, -0.2) is 22.5 Å². The molecule has 0 radical (unpaired) electrons. The normalized spacial score (nSPS) is 11.5. The maximum atomic E-state index is 12.5. The van der Waals surface area contributed by atoms with Gasteiger partial charge < -0.3 is 4.90 Å². The van der Waals surface area contributed by atoms with Gasteiger partial charge in [-0.25, -0.2) is 9.78 Å². The zero-order valence-electron chi connectivity index (χ0n) is 13.1. The Labute approximate surface area is 144 Å². The van der Waals surface area contributed by atoms with Crippen LogP contribution in [0.25, 0.3) is 0 Å². The van der Waals surface area contributed by atoms with Crippen molar-refractivity contribution in [2.24, 2.45) is 0 Å². The fourth-order valence-corrected chi connectivity index (χ4v) is 3.98. The SMILES string of the molecule is CCN(Cc1ccc(Cl)s1)C(=O)Nc1scnc1C(C)(C)C. The molecule has 0 bridgehead atoms. The summed E-state index contributed by atoms with van der Waals surface area (Å²) in [5.41, 5.74) is 2.59. The van der Waals surface area contributed by atoms with Gasteiger partial charge >= 0.3 is 6.03 Å². The molecule has 120 valence electrons. The summed E-state index contributed by atoms with van der Waals surface area (Å²) in [6.07, 6.45) is 0. The monoisotopic (exact) mass is 357 g/mol. The van der Waals surface area contributed by atoms with Gasteiger partial charge in [-0.3, -0.25) is 5.32 Å². The third-order valence-electron chi connectivity index (χ3n) is 3.14. The number of urea groups is 1. The molecule has 0 saturated heterocycles. The van der Waals surface area contributed by atoms with Crippen LogP contribution in [0.2, 0.25) is 4.34 Å². The smallest absolute Gasteiger partial charge is 0.320 e. The number of carbonyl (C=O) groups is 1. The molecule has 2 rings (SSSR count). The zero-order valence-corrected chi connectivity index (χ0v) is 15.5. The Bertz CT molecular complexity index is 645. The molecule has 2 aromatic heterocycles. The number of aromatic nitrogens is 1. The quantitative estimate of drug-likeness (QED) is 0.816. The summed E-state index contributed by atoms with van der Waals surface area (Å²) in [5, 5.41) is 3.81. The van der Waals surface area contributed by atoms with Crippen LogP contribution in [-0.2, 0) is 12.0 Å². The molecule has 0 aliphatic carbocycles. The van der Waals surface area contributed by atoms with Crippen molar-refractivity contribution in [1.29, 1.82) is 0 Å². The molecule has 0 aromatic carbocycles. The lowest BCUT2D eigenvalue weighted by molar-refractivity contribution is 0.212. The van der Waals surface area contributed by atoms with Crippen LogP contribution in [0.15, 0.2) is 17.6 Å². The van der Waals surface area contributed by atoms with Crippen molar-refractivity contribution in [3.8, 4) is 0 Å². The van der Waals surface area contributed by atoms with Gasteiger partial charge in [-0.2, -0.15) is 0 Å². The van der Waals surface area contributed by atoms with Gasteiger partial charge in [0.25, 0.3) is 0 Å². The second-order valence-corrected chi connectivity index (χ2v) is 8.58. The Hall–Kier alpha value is -1.11. The van der Waals surface area contributed by atoms with Crippen molar-refractivity contribution in [3.63, 3.8) is 0 Å². The average molecular weight is 358 g/mol. The molecule has 2 aromatic rings. The summed E-state index contributed by atoms with van der Waals surface area (Å²) < 4.78 is 0.740. The van der Waals surface area contributed by atoms with Crippen LogP contribution >= 0.6 is 34.3 Å². The standard InChI is InChI=1S/C15H20ClN3OS2/c1-5-19(8-10-6-7-11(16)22-10)14(20)18-13-12(15(2,3)4)17-9-21-13/h6-7,9H,5,8H2,1-4H3,(H,18,20). The fourth-order valence-electron chi connectivity index (χ4n) is 2.00. The van der Waals surface area contributed by atoms with Gasteiger partial charge in [0.2, 0.25) is 0 Å². The number of nitrogens with one attached hydrogen (secondary N) is 1. The van der Waals surface area contributed by atoms with Crippen LogP contribution in [0.1, 0.15) is 38.3 Å². The molecular formula is C15H20ClN3OS2. The first-order valence-electron chi connectivity index (χ1n) is 7.05. The van der Waals surface area contributed by atoms with Gasteiger partial charge in [0.1, 0.15) is 5.00 Å². The minimum atomic E-state index is -0.109. The lowest BCUT2D eigenvalue weighted by atomic mass is 9.92. The van der Waals surface area contributed by atoms with Crippen molar-refractivity contribution in [2.75, 3.05) is 11.9 Å². The summed E-state index contributed by atoms with van der Waals surface area (Å²) in [5.74, 6) is 0. The highest BCUT2D eigenvalue weighted by Gasteiger charge is 2.23. The number of nitrogens with zero attached hydrogens (tertiary/aromatic N) is 2. The lowest BCUT2D eigenvalue weighted by Crippen LogP contribution is -2.34. The van der Waals surface area contributed by atoms with E-state index in [1.165, 1.54) is 22.7 Å². The predicted octanol–water partition coefficient (Wildman–Crippen LogP) is 5.21. The maximum absolute atomic E-state index is 12.5. The van der Waals surface area contributed by atoms with Gasteiger partial charge in [-0.15, -0.1) is 22.7 Å². The third kappa shape index (κ3) is 4.21. The van der Waals surface area contributed by atoms with E-state index < -0.39 is 0 Å². The number of hydrogen-bond acceptors (Lipinski definition) is 4. The topological polar surface area (TPSA) is 45.2 Å². The number of halogens is 1. The highest BCUT2D eigenvalue weighted by molar-refractivity contribution is 7.16. The summed E-state index contributed by atoms with van der Waals surface area (Å²) in [6, 6.07) is 3.70. The Morgan fingerprint density at radius 2 is 2.14 bits per heavy atom. The molecule has 0 saturated carbocycles. The van der Waals surface area contributed by atoms with E-state index in [0.717, 1.165) is 19.9 Å². The molecule has 0 fully saturated rings. The van der Waals surface area contributed by atoms with Gasteiger partial charge in [-0.1, -0.05) is 32.4 Å². The Morgan fingerprint density at radius 3 is 2.68 bits per heavy atom. The number of rotatable bonds is 4. The predicted molar refractivity (Wildman–Crippen MR) is 95.2 cm³/mol. The van der Waals surface area contributed by atoms with Gasteiger partial charge in [0.15, 0.2) is 0 Å². The Balaban J connectivity index is 2.08. The third-order valence-corrected chi connectivity index (χ3v) is 5.10. The Kier molecular flexibility index (Phi) is 5.47. The fraction of sp³-hybridized carbons (Fsp3) is 0.467. The minimum Gasteiger partial charge on any atom is -0.320 e. The molecule has 1 N–H and O–H groups in total. The molecule has 0 spiro atoms. The summed E-state index contributed by atoms with van der Waals surface area (Å²) >= 11 is 8.90. The van der Waals surface area contributed by atoms with E-state index in [1.54, 1.807) is 10.4 Å². The van der Waals surface area contributed by atoms with E-state index in [1.807, 2.05) is 19.1 Å².